The van der Waals surface area contributed by atoms with Crippen molar-refractivity contribution in [2.24, 2.45) is 0 Å². The third kappa shape index (κ3) is 6.05. The summed E-state index contributed by atoms with van der Waals surface area (Å²) in [7, 11) is 3.25. The Balaban J connectivity index is 1.32. The molecule has 0 spiro atoms. The Morgan fingerprint density at radius 2 is 1.76 bits per heavy atom. The van der Waals surface area contributed by atoms with E-state index in [2.05, 4.69) is 14.9 Å². The Kier molecular flexibility index (Phi) is 7.89. The van der Waals surface area contributed by atoms with Crippen LogP contribution in [0, 0.1) is 0 Å². The van der Waals surface area contributed by atoms with E-state index in [1.165, 1.54) is 0 Å². The number of anilines is 1. The highest BCUT2D eigenvalue weighted by Gasteiger charge is 2.31. The third-order valence-electron chi connectivity index (χ3n) is 6.07. The number of halogens is 1. The number of aromatic nitrogens is 2. The van der Waals surface area contributed by atoms with Gasteiger partial charge in [-0.05, 0) is 54.4 Å². The standard InChI is InChI=1S/C28H28ClN3O5/c1-33-24-11-10-19(14-25(24)34-2)12-13-35-26-16-32(28-22-8-3-4-9-23(22)30-18-31-28)17-27(37-26)36-21-7-5-6-20(29)15-21/h3-11,14-15,18,26-27H,12-13,16-17H2,1-2H3. The second kappa shape index (κ2) is 11.6. The Morgan fingerprint density at radius 1 is 0.919 bits per heavy atom. The molecule has 3 aromatic carbocycles. The number of hydrogen-bond acceptors (Lipinski definition) is 8. The molecule has 0 bridgehead atoms. The lowest BCUT2D eigenvalue weighted by Crippen LogP contribution is -2.51. The maximum atomic E-state index is 6.20. The van der Waals surface area contributed by atoms with Crippen LogP contribution in [0.3, 0.4) is 0 Å². The topological polar surface area (TPSA) is 75.2 Å². The van der Waals surface area contributed by atoms with E-state index >= 15 is 0 Å². The van der Waals surface area contributed by atoms with Gasteiger partial charge in [-0.15, -0.1) is 0 Å². The predicted octanol–water partition coefficient (Wildman–Crippen LogP) is 5.13. The molecule has 8 nitrogen and oxygen atoms in total. The number of fused-ring (bicyclic) bond motifs is 1. The summed E-state index contributed by atoms with van der Waals surface area (Å²) in [4.78, 5) is 11.1. The number of morpholine rings is 1. The first-order chi connectivity index (χ1) is 18.1. The van der Waals surface area contributed by atoms with Crippen LogP contribution in [-0.2, 0) is 15.9 Å². The van der Waals surface area contributed by atoms with Gasteiger partial charge in [-0.2, -0.15) is 0 Å². The zero-order chi connectivity index (χ0) is 25.6. The lowest BCUT2D eigenvalue weighted by Gasteiger charge is -2.38. The molecular formula is C28H28ClN3O5. The molecule has 5 rings (SSSR count). The van der Waals surface area contributed by atoms with Crippen LogP contribution in [0.2, 0.25) is 5.02 Å². The highest BCUT2D eigenvalue weighted by molar-refractivity contribution is 6.30. The van der Waals surface area contributed by atoms with Gasteiger partial charge in [0.2, 0.25) is 6.29 Å². The Bertz CT molecular complexity index is 1350. The highest BCUT2D eigenvalue weighted by Crippen LogP contribution is 2.29. The van der Waals surface area contributed by atoms with Crippen molar-refractivity contribution in [1.82, 2.24) is 9.97 Å². The van der Waals surface area contributed by atoms with Gasteiger partial charge in [0.1, 0.15) is 17.9 Å². The fraction of sp³-hybridized carbons (Fsp3) is 0.286. The minimum absolute atomic E-state index is 0.447. The lowest BCUT2D eigenvalue weighted by atomic mass is 10.1. The lowest BCUT2D eigenvalue weighted by molar-refractivity contribution is -0.225. The summed E-state index contributed by atoms with van der Waals surface area (Å²) in [6.07, 6.45) is 1.13. The molecule has 1 aromatic heterocycles. The van der Waals surface area contributed by atoms with Crippen LogP contribution in [0.5, 0.6) is 17.2 Å². The molecule has 0 amide bonds. The number of hydrogen-bond donors (Lipinski definition) is 0. The van der Waals surface area contributed by atoms with Crippen molar-refractivity contribution in [2.75, 3.05) is 38.8 Å². The molecule has 0 N–H and O–H groups in total. The molecule has 9 heteroatoms. The molecule has 2 heterocycles. The first-order valence-corrected chi connectivity index (χ1v) is 12.4. The van der Waals surface area contributed by atoms with Gasteiger partial charge in [-0.25, -0.2) is 9.97 Å². The van der Waals surface area contributed by atoms with Crippen LogP contribution in [0.1, 0.15) is 5.56 Å². The van der Waals surface area contributed by atoms with Crippen LogP contribution in [0.4, 0.5) is 5.82 Å². The minimum atomic E-state index is -0.591. The van der Waals surface area contributed by atoms with Gasteiger partial charge in [-0.1, -0.05) is 35.9 Å². The van der Waals surface area contributed by atoms with E-state index in [-0.39, 0.29) is 0 Å². The molecule has 192 valence electrons. The van der Waals surface area contributed by atoms with Crippen LogP contribution >= 0.6 is 11.6 Å². The number of rotatable bonds is 9. The SMILES string of the molecule is COc1ccc(CCOC2CN(c3ncnc4ccccc34)CC(Oc3cccc(Cl)c3)O2)cc1OC. The summed E-state index contributed by atoms with van der Waals surface area (Å²) in [5, 5.41) is 1.55. The van der Waals surface area contributed by atoms with Gasteiger partial charge in [0.15, 0.2) is 17.8 Å². The van der Waals surface area contributed by atoms with Crippen molar-refractivity contribution in [1.29, 1.82) is 0 Å². The molecule has 0 saturated carbocycles. The zero-order valence-electron chi connectivity index (χ0n) is 20.7. The van der Waals surface area contributed by atoms with E-state index in [1.807, 2.05) is 54.6 Å². The average Bonchev–Trinajstić information content (AvgIpc) is 2.92. The van der Waals surface area contributed by atoms with E-state index < -0.39 is 12.6 Å². The molecule has 0 aliphatic carbocycles. The number of ether oxygens (including phenoxy) is 5. The van der Waals surface area contributed by atoms with Crippen molar-refractivity contribution >= 4 is 28.3 Å². The van der Waals surface area contributed by atoms with Crippen LogP contribution in [0.15, 0.2) is 73.1 Å². The van der Waals surface area contributed by atoms with Gasteiger partial charge in [-0.3, -0.25) is 0 Å². The molecule has 4 aromatic rings. The summed E-state index contributed by atoms with van der Waals surface area (Å²) in [6.45, 7) is 1.40. The molecule has 0 radical (unpaired) electrons. The maximum absolute atomic E-state index is 6.20. The molecule has 2 atom stereocenters. The number of methoxy groups -OCH3 is 2. The van der Waals surface area contributed by atoms with Gasteiger partial charge in [0.25, 0.3) is 0 Å². The highest BCUT2D eigenvalue weighted by atomic mass is 35.5. The molecule has 1 aliphatic heterocycles. The molecule has 37 heavy (non-hydrogen) atoms. The van der Waals surface area contributed by atoms with E-state index in [0.29, 0.717) is 48.4 Å². The number of para-hydroxylation sites is 1. The third-order valence-corrected chi connectivity index (χ3v) is 6.30. The predicted molar refractivity (Wildman–Crippen MR) is 142 cm³/mol. The van der Waals surface area contributed by atoms with Crippen molar-refractivity contribution in [2.45, 2.75) is 19.0 Å². The first-order valence-electron chi connectivity index (χ1n) is 12.0. The molecule has 1 saturated heterocycles. The maximum Gasteiger partial charge on any atom is 0.220 e. The zero-order valence-corrected chi connectivity index (χ0v) is 21.4. The monoisotopic (exact) mass is 521 g/mol. The second-order valence-electron chi connectivity index (χ2n) is 8.50. The van der Waals surface area contributed by atoms with Crippen molar-refractivity contribution in [3.63, 3.8) is 0 Å². The molecule has 1 fully saturated rings. The minimum Gasteiger partial charge on any atom is -0.493 e. The molecular weight excluding hydrogens is 494 g/mol. The number of nitrogens with zero attached hydrogens (tertiary/aromatic N) is 3. The molecule has 1 aliphatic rings. The summed E-state index contributed by atoms with van der Waals surface area (Å²) in [6, 6.07) is 21.0. The Hall–Kier alpha value is -3.59. The molecule has 2 unspecified atom stereocenters. The van der Waals surface area contributed by atoms with E-state index in [0.717, 1.165) is 22.3 Å². The van der Waals surface area contributed by atoms with Crippen molar-refractivity contribution in [3.05, 3.63) is 83.6 Å². The second-order valence-corrected chi connectivity index (χ2v) is 8.94. The van der Waals surface area contributed by atoms with Gasteiger partial charge in [0, 0.05) is 10.4 Å². The largest absolute Gasteiger partial charge is 0.493 e. The summed E-state index contributed by atoms with van der Waals surface area (Å²) < 4.78 is 29.3. The Morgan fingerprint density at radius 3 is 2.59 bits per heavy atom. The van der Waals surface area contributed by atoms with Crippen LogP contribution in [-0.4, -0.2) is 56.5 Å². The Labute approximate surface area is 220 Å². The summed E-state index contributed by atoms with van der Waals surface area (Å²) in [5.74, 6) is 2.81. The van der Waals surface area contributed by atoms with E-state index in [1.54, 1.807) is 32.7 Å². The average molecular weight is 522 g/mol. The van der Waals surface area contributed by atoms with Crippen molar-refractivity contribution in [3.8, 4) is 17.2 Å². The fourth-order valence-electron chi connectivity index (χ4n) is 4.30. The summed E-state index contributed by atoms with van der Waals surface area (Å²) >= 11 is 6.16. The van der Waals surface area contributed by atoms with E-state index in [9.17, 15) is 0 Å². The van der Waals surface area contributed by atoms with Crippen LogP contribution in [0.25, 0.3) is 10.9 Å². The van der Waals surface area contributed by atoms with Gasteiger partial charge >= 0.3 is 0 Å². The van der Waals surface area contributed by atoms with Crippen molar-refractivity contribution < 1.29 is 23.7 Å². The van der Waals surface area contributed by atoms with E-state index in [4.69, 9.17) is 35.3 Å². The first kappa shape index (κ1) is 25.1. The normalized spacial score (nSPS) is 17.5. The number of benzene rings is 3. The van der Waals surface area contributed by atoms with Gasteiger partial charge in [0.05, 0.1) is 39.4 Å². The smallest absolute Gasteiger partial charge is 0.220 e. The van der Waals surface area contributed by atoms with Crippen LogP contribution < -0.4 is 19.1 Å². The van der Waals surface area contributed by atoms with Gasteiger partial charge < -0.3 is 28.6 Å². The fourth-order valence-corrected chi connectivity index (χ4v) is 4.48. The quantitative estimate of drug-likeness (QED) is 0.300. The summed E-state index contributed by atoms with van der Waals surface area (Å²) in [5.41, 5.74) is 1.94.